The largest absolute Gasteiger partial charge is 0.350 e. The zero-order valence-electron chi connectivity index (χ0n) is 18.3. The Morgan fingerprint density at radius 2 is 1.77 bits per heavy atom. The lowest BCUT2D eigenvalue weighted by Crippen LogP contribution is -2.33. The standard InChI is InChI=1S/C24H27N5O2/c1-16(2)28-19-8-6-5-7-18(19)22-20(28)15-21(29(22)24(31)27(3)4)23(30)26-14-11-17-9-12-25-13-10-17/h5-10,12-13,15-16H,11,14H2,1-4H3,(H,26,30). The number of nitrogens with one attached hydrogen (secondary N) is 1. The lowest BCUT2D eigenvalue weighted by atomic mass is 10.2. The minimum absolute atomic E-state index is 0.176. The lowest BCUT2D eigenvalue weighted by Gasteiger charge is -2.15. The van der Waals surface area contributed by atoms with Gasteiger partial charge in [0.1, 0.15) is 5.69 Å². The molecule has 0 aliphatic heterocycles. The van der Waals surface area contributed by atoms with E-state index in [1.807, 2.05) is 42.5 Å². The number of fused-ring (bicyclic) bond motifs is 3. The van der Waals surface area contributed by atoms with Gasteiger partial charge in [-0.05, 0) is 50.1 Å². The lowest BCUT2D eigenvalue weighted by molar-refractivity contribution is 0.0945. The molecule has 0 fully saturated rings. The molecule has 160 valence electrons. The Morgan fingerprint density at radius 1 is 1.06 bits per heavy atom. The summed E-state index contributed by atoms with van der Waals surface area (Å²) >= 11 is 0. The van der Waals surface area contributed by atoms with Crippen molar-refractivity contribution in [3.05, 3.63) is 66.1 Å². The number of nitrogens with zero attached hydrogens (tertiary/aromatic N) is 4. The number of benzene rings is 1. The zero-order chi connectivity index (χ0) is 22.1. The van der Waals surface area contributed by atoms with E-state index in [1.165, 1.54) is 9.47 Å². The summed E-state index contributed by atoms with van der Waals surface area (Å²) in [5, 5.41) is 3.92. The van der Waals surface area contributed by atoms with E-state index >= 15 is 0 Å². The van der Waals surface area contributed by atoms with Gasteiger partial charge in [-0.3, -0.25) is 14.3 Å². The number of pyridine rings is 1. The molecule has 4 aromatic rings. The minimum Gasteiger partial charge on any atom is -0.350 e. The van der Waals surface area contributed by atoms with Crippen molar-refractivity contribution < 1.29 is 9.59 Å². The Labute approximate surface area is 181 Å². The summed E-state index contributed by atoms with van der Waals surface area (Å²) in [6.45, 7) is 4.68. The van der Waals surface area contributed by atoms with Crippen molar-refractivity contribution in [2.45, 2.75) is 26.3 Å². The smallest absolute Gasteiger partial charge is 0.328 e. The van der Waals surface area contributed by atoms with E-state index in [0.29, 0.717) is 18.7 Å². The summed E-state index contributed by atoms with van der Waals surface area (Å²) in [5.74, 6) is -0.264. The Bertz CT molecular complexity index is 1250. The van der Waals surface area contributed by atoms with Gasteiger partial charge in [-0.25, -0.2) is 4.79 Å². The van der Waals surface area contributed by atoms with Crippen LogP contribution in [0.1, 0.15) is 35.9 Å². The molecule has 0 unspecified atom stereocenters. The second-order valence-electron chi connectivity index (χ2n) is 8.12. The van der Waals surface area contributed by atoms with Crippen LogP contribution in [-0.4, -0.2) is 51.6 Å². The van der Waals surface area contributed by atoms with Crippen LogP contribution in [0.25, 0.3) is 21.9 Å². The minimum atomic E-state index is -0.264. The second kappa shape index (κ2) is 8.26. The predicted molar refractivity (Wildman–Crippen MR) is 123 cm³/mol. The van der Waals surface area contributed by atoms with Crippen molar-refractivity contribution in [1.29, 1.82) is 0 Å². The molecule has 3 heterocycles. The molecule has 4 rings (SSSR count). The fraction of sp³-hybridized carbons (Fsp3) is 0.292. The van der Waals surface area contributed by atoms with Gasteiger partial charge >= 0.3 is 6.03 Å². The fourth-order valence-corrected chi connectivity index (χ4v) is 4.04. The van der Waals surface area contributed by atoms with Crippen molar-refractivity contribution in [2.24, 2.45) is 0 Å². The maximum Gasteiger partial charge on any atom is 0.328 e. The maximum atomic E-state index is 13.2. The first-order valence-electron chi connectivity index (χ1n) is 10.4. The SMILES string of the molecule is CC(C)n1c2ccccc2c2c1cc(C(=O)NCCc1ccncc1)n2C(=O)N(C)C. The molecule has 7 heteroatoms. The monoisotopic (exact) mass is 417 g/mol. The highest BCUT2D eigenvalue weighted by Gasteiger charge is 2.26. The quantitative estimate of drug-likeness (QED) is 0.532. The van der Waals surface area contributed by atoms with Crippen LogP contribution in [0.4, 0.5) is 4.79 Å². The average Bonchev–Trinajstić information content (AvgIpc) is 3.28. The summed E-state index contributed by atoms with van der Waals surface area (Å²) in [7, 11) is 3.39. The summed E-state index contributed by atoms with van der Waals surface area (Å²) in [4.78, 5) is 31.8. The molecular formula is C24H27N5O2. The van der Waals surface area contributed by atoms with Gasteiger partial charge in [-0.15, -0.1) is 0 Å². The maximum absolute atomic E-state index is 13.2. The molecule has 0 bridgehead atoms. The molecule has 0 spiro atoms. The van der Waals surface area contributed by atoms with Crippen molar-refractivity contribution in [3.8, 4) is 0 Å². The predicted octanol–water partition coefficient (Wildman–Crippen LogP) is 4.07. The molecule has 7 nitrogen and oxygen atoms in total. The van der Waals surface area contributed by atoms with Crippen molar-refractivity contribution in [2.75, 3.05) is 20.6 Å². The molecule has 1 N–H and O–H groups in total. The van der Waals surface area contributed by atoms with Crippen LogP contribution in [0.5, 0.6) is 0 Å². The number of carbonyl (C=O) groups excluding carboxylic acids is 2. The number of rotatable bonds is 5. The molecule has 2 amide bonds. The van der Waals surface area contributed by atoms with Crippen LogP contribution in [0.15, 0.2) is 54.9 Å². The highest BCUT2D eigenvalue weighted by molar-refractivity contribution is 6.14. The van der Waals surface area contributed by atoms with E-state index < -0.39 is 0 Å². The highest BCUT2D eigenvalue weighted by atomic mass is 16.2. The normalized spacial score (nSPS) is 11.4. The first kappa shape index (κ1) is 20.7. The van der Waals surface area contributed by atoms with Crippen molar-refractivity contribution in [3.63, 3.8) is 0 Å². The van der Waals surface area contributed by atoms with Crippen molar-refractivity contribution >= 4 is 33.9 Å². The number of amides is 2. The van der Waals surface area contributed by atoms with E-state index in [2.05, 4.69) is 28.7 Å². The van der Waals surface area contributed by atoms with Crippen LogP contribution >= 0.6 is 0 Å². The third kappa shape index (κ3) is 3.67. The molecule has 31 heavy (non-hydrogen) atoms. The molecule has 0 aliphatic carbocycles. The third-order valence-electron chi connectivity index (χ3n) is 5.43. The van der Waals surface area contributed by atoms with Crippen LogP contribution in [-0.2, 0) is 6.42 Å². The molecule has 0 radical (unpaired) electrons. The van der Waals surface area contributed by atoms with Crippen molar-refractivity contribution in [1.82, 2.24) is 24.3 Å². The fourth-order valence-electron chi connectivity index (χ4n) is 4.04. The number of para-hydroxylation sites is 1. The molecule has 3 aromatic heterocycles. The Hall–Kier alpha value is -3.61. The average molecular weight is 418 g/mol. The molecule has 0 atom stereocenters. The van der Waals surface area contributed by atoms with E-state index in [4.69, 9.17) is 0 Å². The van der Waals surface area contributed by atoms with Gasteiger partial charge in [0, 0.05) is 44.5 Å². The second-order valence-corrected chi connectivity index (χ2v) is 8.12. The van der Waals surface area contributed by atoms with Gasteiger partial charge in [-0.1, -0.05) is 18.2 Å². The molecular weight excluding hydrogens is 390 g/mol. The number of carbonyl (C=O) groups is 2. The van der Waals surface area contributed by atoms with Crippen LogP contribution in [0, 0.1) is 0 Å². The number of hydrogen-bond acceptors (Lipinski definition) is 3. The summed E-state index contributed by atoms with van der Waals surface area (Å²) in [6.07, 6.45) is 4.17. The topological polar surface area (TPSA) is 72.2 Å². The first-order valence-corrected chi connectivity index (χ1v) is 10.4. The summed E-state index contributed by atoms with van der Waals surface area (Å²) in [6, 6.07) is 13.6. The number of aromatic nitrogens is 3. The van der Waals surface area contributed by atoms with Gasteiger partial charge in [-0.2, -0.15) is 0 Å². The van der Waals surface area contributed by atoms with Gasteiger partial charge in [0.15, 0.2) is 0 Å². The first-order chi connectivity index (χ1) is 14.9. The molecule has 1 aromatic carbocycles. The van der Waals surface area contributed by atoms with Gasteiger partial charge in [0.05, 0.1) is 16.6 Å². The number of hydrogen-bond donors (Lipinski definition) is 1. The zero-order valence-corrected chi connectivity index (χ0v) is 18.3. The Morgan fingerprint density at radius 3 is 2.45 bits per heavy atom. The van der Waals surface area contributed by atoms with Crippen LogP contribution < -0.4 is 5.32 Å². The van der Waals surface area contributed by atoms with E-state index in [9.17, 15) is 9.59 Å². The summed E-state index contributed by atoms with van der Waals surface area (Å²) in [5.41, 5.74) is 4.14. The Kier molecular flexibility index (Phi) is 5.50. The molecule has 0 saturated carbocycles. The van der Waals surface area contributed by atoms with Crippen LogP contribution in [0.2, 0.25) is 0 Å². The van der Waals surface area contributed by atoms with Gasteiger partial charge in [0.2, 0.25) is 0 Å². The van der Waals surface area contributed by atoms with Gasteiger partial charge in [0.25, 0.3) is 5.91 Å². The van der Waals surface area contributed by atoms with E-state index in [0.717, 1.165) is 27.5 Å². The van der Waals surface area contributed by atoms with Crippen LogP contribution in [0.3, 0.4) is 0 Å². The Balaban J connectivity index is 1.79. The van der Waals surface area contributed by atoms with E-state index in [1.54, 1.807) is 26.5 Å². The van der Waals surface area contributed by atoms with E-state index in [-0.39, 0.29) is 18.0 Å². The molecule has 0 saturated heterocycles. The third-order valence-corrected chi connectivity index (χ3v) is 5.43. The summed E-state index contributed by atoms with van der Waals surface area (Å²) < 4.78 is 3.72. The van der Waals surface area contributed by atoms with Gasteiger partial charge < -0.3 is 14.8 Å². The highest BCUT2D eigenvalue weighted by Crippen LogP contribution is 2.34. The molecule has 0 aliphatic rings.